The van der Waals surface area contributed by atoms with Gasteiger partial charge in [-0.05, 0) is 79.1 Å². The van der Waals surface area contributed by atoms with E-state index < -0.39 is 42.4 Å². The van der Waals surface area contributed by atoms with Crippen LogP contribution in [0.3, 0.4) is 0 Å². The third-order valence-electron chi connectivity index (χ3n) is 4.99. The van der Waals surface area contributed by atoms with E-state index in [9.17, 15) is 30.0 Å². The lowest BCUT2D eigenvalue weighted by molar-refractivity contribution is 0.555. The lowest BCUT2D eigenvalue weighted by Crippen LogP contribution is -2.35. The second-order valence-electron chi connectivity index (χ2n) is 7.16. The molecule has 1 aliphatic heterocycles. The summed E-state index contributed by atoms with van der Waals surface area (Å²) in [6, 6.07) is 10.8. The second-order valence-corrected chi connectivity index (χ2v) is 10.7. The van der Waals surface area contributed by atoms with Crippen molar-refractivity contribution in [1.82, 2.24) is 0 Å². The summed E-state index contributed by atoms with van der Waals surface area (Å²) in [7, 11) is -8.37. The van der Waals surface area contributed by atoms with Crippen molar-refractivity contribution >= 4 is 31.4 Å². The molecule has 3 aromatic rings. The van der Waals surface area contributed by atoms with E-state index in [1.807, 2.05) is 0 Å². The molecule has 0 saturated heterocycles. The molecule has 0 bridgehead atoms. The third-order valence-corrected chi connectivity index (χ3v) is 8.22. The van der Waals surface area contributed by atoms with Gasteiger partial charge in [-0.15, -0.1) is 0 Å². The summed E-state index contributed by atoms with van der Waals surface area (Å²) in [5, 5.41) is 0. The van der Waals surface area contributed by atoms with Crippen LogP contribution in [0.4, 0.5) is 24.5 Å². The van der Waals surface area contributed by atoms with E-state index in [1.165, 1.54) is 34.6 Å². The number of aryl methyl sites for hydroxylation is 1. The standard InChI is InChI=1S/C21H17F3N2O4S2/c22-15-3-7-18(8-4-15)32(29,30)26-11-1-2-14-12-17(6-10-20(14)26)25-31(27,28)21-13-16(23)5-9-19(21)24/h3-10,12-13,25H,1-2,11H2. The number of benzene rings is 3. The molecule has 0 aliphatic carbocycles. The van der Waals surface area contributed by atoms with Crippen LogP contribution >= 0.6 is 0 Å². The number of nitrogens with one attached hydrogen (secondary N) is 1. The van der Waals surface area contributed by atoms with Gasteiger partial charge < -0.3 is 0 Å². The van der Waals surface area contributed by atoms with Crippen molar-refractivity contribution in [2.24, 2.45) is 0 Å². The van der Waals surface area contributed by atoms with Crippen LogP contribution < -0.4 is 9.03 Å². The number of halogens is 3. The summed E-state index contributed by atoms with van der Waals surface area (Å²) in [6.45, 7) is 0.201. The highest BCUT2D eigenvalue weighted by molar-refractivity contribution is 7.93. The molecular formula is C21H17F3N2O4S2. The first-order valence-electron chi connectivity index (χ1n) is 9.47. The Bertz CT molecular complexity index is 1390. The molecule has 4 rings (SSSR count). The molecule has 32 heavy (non-hydrogen) atoms. The van der Waals surface area contributed by atoms with Crippen molar-refractivity contribution in [3.8, 4) is 0 Å². The summed E-state index contributed by atoms with van der Waals surface area (Å²) >= 11 is 0. The van der Waals surface area contributed by atoms with E-state index in [0.29, 0.717) is 30.2 Å². The van der Waals surface area contributed by atoms with Crippen LogP contribution in [0.5, 0.6) is 0 Å². The van der Waals surface area contributed by atoms with Gasteiger partial charge in [0.2, 0.25) is 0 Å². The molecule has 0 amide bonds. The molecule has 0 fully saturated rings. The zero-order valence-electron chi connectivity index (χ0n) is 16.4. The van der Waals surface area contributed by atoms with Crippen molar-refractivity contribution in [2.45, 2.75) is 22.6 Å². The Hall–Kier alpha value is -3.05. The largest absolute Gasteiger partial charge is 0.280 e. The maximum atomic E-state index is 13.9. The van der Waals surface area contributed by atoms with Crippen LogP contribution in [0.25, 0.3) is 0 Å². The fraction of sp³-hybridized carbons (Fsp3) is 0.143. The summed E-state index contributed by atoms with van der Waals surface area (Å²) in [6.07, 6.45) is 0.955. The van der Waals surface area contributed by atoms with Crippen LogP contribution in [-0.4, -0.2) is 23.4 Å². The highest BCUT2D eigenvalue weighted by atomic mass is 32.2. The molecular weight excluding hydrogens is 465 g/mol. The lowest BCUT2D eigenvalue weighted by atomic mass is 10.0. The molecule has 168 valence electrons. The van der Waals surface area contributed by atoms with Gasteiger partial charge in [0.15, 0.2) is 0 Å². The number of hydrogen-bond donors (Lipinski definition) is 1. The minimum Gasteiger partial charge on any atom is -0.280 e. The number of anilines is 2. The maximum absolute atomic E-state index is 13.9. The smallest absolute Gasteiger partial charge is 0.264 e. The molecule has 0 unspecified atom stereocenters. The van der Waals surface area contributed by atoms with E-state index in [1.54, 1.807) is 0 Å². The van der Waals surface area contributed by atoms with Gasteiger partial charge >= 0.3 is 0 Å². The highest BCUT2D eigenvalue weighted by Crippen LogP contribution is 2.34. The van der Waals surface area contributed by atoms with Crippen LogP contribution in [-0.2, 0) is 26.5 Å². The van der Waals surface area contributed by atoms with Crippen LogP contribution in [0.1, 0.15) is 12.0 Å². The Labute approximate surface area is 183 Å². The van der Waals surface area contributed by atoms with Crippen LogP contribution in [0.15, 0.2) is 70.5 Å². The molecule has 0 atom stereocenters. The Morgan fingerprint density at radius 3 is 2.22 bits per heavy atom. The zero-order valence-corrected chi connectivity index (χ0v) is 18.1. The van der Waals surface area contributed by atoms with E-state index in [0.717, 1.165) is 24.3 Å². The average Bonchev–Trinajstić information content (AvgIpc) is 2.74. The Morgan fingerprint density at radius 2 is 1.50 bits per heavy atom. The van der Waals surface area contributed by atoms with Crippen molar-refractivity contribution in [2.75, 3.05) is 15.6 Å². The van der Waals surface area contributed by atoms with E-state index in [2.05, 4.69) is 4.72 Å². The Balaban J connectivity index is 1.66. The molecule has 6 nitrogen and oxygen atoms in total. The minimum atomic E-state index is -4.41. The molecule has 1 N–H and O–H groups in total. The van der Waals surface area contributed by atoms with Gasteiger partial charge in [0.25, 0.3) is 20.0 Å². The normalized spacial score (nSPS) is 14.2. The first-order chi connectivity index (χ1) is 15.1. The van der Waals surface area contributed by atoms with Gasteiger partial charge in [-0.1, -0.05) is 0 Å². The zero-order chi connectivity index (χ0) is 23.1. The van der Waals surface area contributed by atoms with Crippen molar-refractivity contribution in [1.29, 1.82) is 0 Å². The predicted octanol–water partition coefficient (Wildman–Crippen LogP) is 4.05. The number of fused-ring (bicyclic) bond motifs is 1. The van der Waals surface area contributed by atoms with Gasteiger partial charge in [-0.3, -0.25) is 9.03 Å². The van der Waals surface area contributed by atoms with Gasteiger partial charge in [0, 0.05) is 12.2 Å². The van der Waals surface area contributed by atoms with Gasteiger partial charge in [-0.25, -0.2) is 30.0 Å². The van der Waals surface area contributed by atoms with Gasteiger partial charge in [-0.2, -0.15) is 0 Å². The van der Waals surface area contributed by atoms with E-state index in [4.69, 9.17) is 0 Å². The first kappa shape index (κ1) is 22.2. The Morgan fingerprint density at radius 1 is 0.812 bits per heavy atom. The topological polar surface area (TPSA) is 83.6 Å². The quantitative estimate of drug-likeness (QED) is 0.595. The van der Waals surface area contributed by atoms with Gasteiger partial charge in [0.05, 0.1) is 10.6 Å². The third kappa shape index (κ3) is 4.17. The lowest BCUT2D eigenvalue weighted by Gasteiger charge is -2.31. The minimum absolute atomic E-state index is 0.0712. The van der Waals surface area contributed by atoms with Crippen molar-refractivity contribution in [3.63, 3.8) is 0 Å². The summed E-state index contributed by atoms with van der Waals surface area (Å²) in [5.41, 5.74) is 0.996. The van der Waals surface area contributed by atoms with E-state index in [-0.39, 0.29) is 17.1 Å². The van der Waals surface area contributed by atoms with Crippen LogP contribution in [0.2, 0.25) is 0 Å². The fourth-order valence-electron chi connectivity index (χ4n) is 3.50. The number of nitrogens with zero attached hydrogens (tertiary/aromatic N) is 1. The Kier molecular flexibility index (Phi) is 5.63. The summed E-state index contributed by atoms with van der Waals surface area (Å²) in [5.74, 6) is -2.57. The van der Waals surface area contributed by atoms with Crippen molar-refractivity contribution in [3.05, 3.63) is 83.7 Å². The average molecular weight is 483 g/mol. The number of rotatable bonds is 5. The monoisotopic (exact) mass is 482 g/mol. The first-order valence-corrected chi connectivity index (χ1v) is 12.4. The fourth-order valence-corrected chi connectivity index (χ4v) is 6.18. The number of sulfonamides is 2. The molecule has 3 aromatic carbocycles. The van der Waals surface area contributed by atoms with Gasteiger partial charge in [0.1, 0.15) is 22.3 Å². The summed E-state index contributed by atoms with van der Waals surface area (Å²) in [4.78, 5) is -0.908. The molecule has 0 spiro atoms. The predicted molar refractivity (Wildman–Crippen MR) is 113 cm³/mol. The molecule has 1 heterocycles. The molecule has 0 radical (unpaired) electrons. The summed E-state index contributed by atoms with van der Waals surface area (Å²) < 4.78 is 95.1. The molecule has 1 aliphatic rings. The molecule has 0 saturated carbocycles. The maximum Gasteiger partial charge on any atom is 0.264 e. The van der Waals surface area contributed by atoms with E-state index >= 15 is 0 Å². The highest BCUT2D eigenvalue weighted by Gasteiger charge is 2.30. The SMILES string of the molecule is O=S(=O)(Nc1ccc2c(c1)CCCN2S(=O)(=O)c1ccc(F)cc1)c1cc(F)ccc1F. The second kappa shape index (κ2) is 8.14. The molecule has 0 aromatic heterocycles. The number of hydrogen-bond acceptors (Lipinski definition) is 4. The van der Waals surface area contributed by atoms with Crippen molar-refractivity contribution < 1.29 is 30.0 Å². The molecule has 11 heteroatoms. The van der Waals surface area contributed by atoms with Crippen LogP contribution in [0, 0.1) is 17.5 Å².